The summed E-state index contributed by atoms with van der Waals surface area (Å²) >= 11 is 0. The number of nitrogens with zero attached hydrogens (tertiary/aromatic N) is 15. The molecule has 27 rings (SSSR count). The summed E-state index contributed by atoms with van der Waals surface area (Å²) in [5.74, 6) is 7.64. The minimum atomic E-state index is 0.555. The molecule has 0 radical (unpaired) electrons. The predicted octanol–water partition coefficient (Wildman–Crippen LogP) is 32.3. The van der Waals surface area contributed by atoms with Crippen LogP contribution in [-0.4, -0.2) is 74.3 Å². The Labute approximate surface area is 853 Å². The molecule has 148 heavy (non-hydrogen) atoms. The topological polar surface area (TPSA) is 185 Å². The first-order chi connectivity index (χ1) is 73.3. The van der Waals surface area contributed by atoms with E-state index < -0.39 is 0 Å². The molecule has 0 fully saturated rings. The van der Waals surface area contributed by atoms with Crippen molar-refractivity contribution < 1.29 is 0 Å². The van der Waals surface area contributed by atoms with Gasteiger partial charge in [-0.25, -0.2) is 69.8 Å². The van der Waals surface area contributed by atoms with Crippen LogP contribution >= 0.6 is 0 Å². The zero-order chi connectivity index (χ0) is 98.6. The summed E-state index contributed by atoms with van der Waals surface area (Å²) in [7, 11) is 2.06. The van der Waals surface area contributed by atoms with E-state index in [0.717, 1.165) is 183 Å². The van der Waals surface area contributed by atoms with Crippen LogP contribution in [0.2, 0.25) is 0 Å². The first-order valence-electron chi connectivity index (χ1n) is 49.3. The van der Waals surface area contributed by atoms with Gasteiger partial charge in [0.15, 0.2) is 64.1 Å². The Hall–Kier alpha value is -20.2. The minimum absolute atomic E-state index is 0.555. The lowest BCUT2D eigenvalue weighted by atomic mass is 9.92. The van der Waals surface area contributed by atoms with Crippen LogP contribution in [0.5, 0.6) is 0 Å². The molecule has 15 heteroatoms. The molecular formula is C133H87N15. The molecule has 6 aromatic heterocycles. The van der Waals surface area contributed by atoms with Crippen molar-refractivity contribution >= 4 is 75.7 Å². The van der Waals surface area contributed by atoms with Crippen molar-refractivity contribution in [3.8, 4) is 193 Å². The zero-order valence-electron chi connectivity index (χ0n) is 80.2. The molecule has 21 aromatic carbocycles. The fourth-order valence-electron chi connectivity index (χ4n) is 19.7. The zero-order valence-corrected chi connectivity index (χ0v) is 80.2. The van der Waals surface area contributed by atoms with Crippen LogP contribution in [0.3, 0.4) is 0 Å². The first-order valence-corrected chi connectivity index (χ1v) is 49.3. The highest BCUT2D eigenvalue weighted by molar-refractivity contribution is 6.10. The van der Waals surface area contributed by atoms with Gasteiger partial charge in [-0.1, -0.05) is 461 Å². The third-order valence-electron chi connectivity index (χ3n) is 27.0. The number of hydrogen-bond donors (Lipinski definition) is 0. The van der Waals surface area contributed by atoms with E-state index >= 15 is 0 Å². The number of benzene rings is 21. The van der Waals surface area contributed by atoms with Gasteiger partial charge in [-0.2, -0.15) is 0 Å². The SMILES string of the molecule is Cn1c(-c2c(-c3nc(-c4ccccc4)nc(-c4ccccc4)n3)ccc3ccccc23)nc2ccccc21.c1ccc(-c2cc(-c3ccc4c(ccc5ccccc54)c3)nc(-c3ccc(-c4c(-c5nc(-c6ccccc6)nc(-c6ccccc6)n5)ccc5ccccc45)cc3)n2)cc1.c1ccc(-c2cc(-c3cccc4ccccc34)nc(-c3c(-c4nc(-c5ccccc5)nc(-c5ccccc5)n4)ccc4ccccc34)n2)cc1. The molecule has 0 aliphatic rings. The lowest BCUT2D eigenvalue weighted by molar-refractivity contribution is 0.960. The Morgan fingerprint density at radius 2 is 0.419 bits per heavy atom. The van der Waals surface area contributed by atoms with Gasteiger partial charge >= 0.3 is 0 Å². The molecule has 0 amide bonds. The lowest BCUT2D eigenvalue weighted by Crippen LogP contribution is -2.03. The van der Waals surface area contributed by atoms with E-state index in [9.17, 15) is 0 Å². The van der Waals surface area contributed by atoms with Gasteiger partial charge in [0.25, 0.3) is 0 Å². The second-order valence-corrected chi connectivity index (χ2v) is 36.2. The van der Waals surface area contributed by atoms with E-state index in [4.69, 9.17) is 69.8 Å². The van der Waals surface area contributed by atoms with Gasteiger partial charge in [0, 0.05) is 102 Å². The highest BCUT2D eigenvalue weighted by Gasteiger charge is 2.27. The largest absolute Gasteiger partial charge is 0.327 e. The number of aromatic nitrogens is 15. The van der Waals surface area contributed by atoms with E-state index in [0.29, 0.717) is 64.1 Å². The molecule has 0 bridgehead atoms. The van der Waals surface area contributed by atoms with Gasteiger partial charge in [-0.3, -0.25) is 0 Å². The normalized spacial score (nSPS) is 11.3. The summed E-state index contributed by atoms with van der Waals surface area (Å²) in [6.07, 6.45) is 0. The summed E-state index contributed by atoms with van der Waals surface area (Å²) in [6, 6.07) is 174. The minimum Gasteiger partial charge on any atom is -0.327 e. The van der Waals surface area contributed by atoms with Gasteiger partial charge in [0.1, 0.15) is 5.82 Å². The molecule has 0 atom stereocenters. The molecule has 0 saturated carbocycles. The lowest BCUT2D eigenvalue weighted by Gasteiger charge is -2.16. The molecule has 0 unspecified atom stereocenters. The number of hydrogen-bond acceptors (Lipinski definition) is 14. The maximum Gasteiger partial charge on any atom is 0.164 e. The third-order valence-corrected chi connectivity index (χ3v) is 27.0. The highest BCUT2D eigenvalue weighted by atomic mass is 15.1. The van der Waals surface area contributed by atoms with Crippen molar-refractivity contribution in [3.63, 3.8) is 0 Å². The van der Waals surface area contributed by atoms with Crippen LogP contribution in [0, 0.1) is 0 Å². The number of aryl methyl sites for hydroxylation is 1. The molecule has 15 nitrogen and oxygen atoms in total. The number of fused-ring (bicyclic) bond motifs is 8. The van der Waals surface area contributed by atoms with E-state index in [2.05, 4.69) is 285 Å². The molecule has 694 valence electrons. The van der Waals surface area contributed by atoms with Crippen LogP contribution in [0.25, 0.3) is 268 Å². The predicted molar refractivity (Wildman–Crippen MR) is 602 cm³/mol. The van der Waals surface area contributed by atoms with Gasteiger partial charge in [0.2, 0.25) is 0 Å². The summed E-state index contributed by atoms with van der Waals surface area (Å²) in [6.45, 7) is 0. The van der Waals surface area contributed by atoms with E-state index in [1.54, 1.807) is 0 Å². The average Bonchev–Trinajstić information content (AvgIpc) is 1.39. The van der Waals surface area contributed by atoms with Gasteiger partial charge < -0.3 is 4.57 Å². The molecule has 6 heterocycles. The highest BCUT2D eigenvalue weighted by Crippen LogP contribution is 2.46. The fraction of sp³-hybridized carbons (Fsp3) is 0.00752. The van der Waals surface area contributed by atoms with Crippen molar-refractivity contribution in [2.45, 2.75) is 0 Å². The van der Waals surface area contributed by atoms with Crippen LogP contribution in [0.4, 0.5) is 0 Å². The van der Waals surface area contributed by atoms with Gasteiger partial charge in [0.05, 0.1) is 33.8 Å². The fourth-order valence-corrected chi connectivity index (χ4v) is 19.7. The van der Waals surface area contributed by atoms with Crippen LogP contribution in [-0.2, 0) is 7.05 Å². The van der Waals surface area contributed by atoms with Crippen molar-refractivity contribution in [2.75, 3.05) is 0 Å². The van der Waals surface area contributed by atoms with Crippen LogP contribution in [0.15, 0.2) is 510 Å². The molecule has 0 saturated heterocycles. The van der Waals surface area contributed by atoms with Gasteiger partial charge in [-0.05, 0) is 119 Å². The number of imidazole rings is 1. The van der Waals surface area contributed by atoms with Crippen molar-refractivity contribution in [1.29, 1.82) is 0 Å². The maximum absolute atomic E-state index is 5.36. The Bertz CT molecular complexity index is 9470. The van der Waals surface area contributed by atoms with Crippen LogP contribution < -0.4 is 0 Å². The Kier molecular flexibility index (Phi) is 23.9. The van der Waals surface area contributed by atoms with E-state index in [1.807, 2.05) is 237 Å². The molecular weight excluding hydrogens is 1810 g/mol. The van der Waals surface area contributed by atoms with Crippen molar-refractivity contribution in [1.82, 2.24) is 74.3 Å². The Balaban J connectivity index is 0.000000118. The molecule has 0 aliphatic carbocycles. The second kappa shape index (κ2) is 39.7. The molecule has 0 aliphatic heterocycles. The molecule has 0 N–H and O–H groups in total. The average molecular weight is 1900 g/mol. The summed E-state index contributed by atoms with van der Waals surface area (Å²) in [4.78, 5) is 71.4. The monoisotopic (exact) mass is 1890 g/mol. The number of para-hydroxylation sites is 2. The maximum atomic E-state index is 5.36. The number of rotatable bonds is 17. The van der Waals surface area contributed by atoms with Crippen LogP contribution in [0.1, 0.15) is 0 Å². The molecule has 27 aromatic rings. The Morgan fingerprint density at radius 3 is 0.865 bits per heavy atom. The van der Waals surface area contributed by atoms with Crippen molar-refractivity contribution in [2.24, 2.45) is 7.05 Å². The van der Waals surface area contributed by atoms with Crippen molar-refractivity contribution in [3.05, 3.63) is 510 Å². The quantitative estimate of drug-likeness (QED) is 0.0784. The Morgan fingerprint density at radius 1 is 0.142 bits per heavy atom. The third kappa shape index (κ3) is 17.9. The van der Waals surface area contributed by atoms with E-state index in [-0.39, 0.29) is 0 Å². The second-order valence-electron chi connectivity index (χ2n) is 36.2. The standard InChI is InChI=1S/C55H35N5.C45H29N5.C33H23N5/c1-4-16-38(17-5-1)49-35-50(44-31-32-46-43(34-44)29-24-36-14-10-12-22-45(36)46)57-52(56-49)42-27-25-39(26-28-42)51-47-23-13-11-15-37(47)30-33-48(51)55-59-53(40-18-6-2-7-19-40)58-54(60-55)41-20-8-3-9-21-41;1-4-17-32(18-5-1)39-29-40(37-26-14-23-30-15-10-12-24-35(30)37)47-45(46-39)41-36-25-13-11-16-31(36)27-28-38(41)44-49-42(33-19-6-2-7-20-33)48-43(50-44)34-21-8-3-9-22-34;1-38-28-19-11-10-18-27(28)34-33(38)29-25-17-9-8-12-22(25)20-21-26(29)32-36-30(23-13-4-2-5-14-23)35-31(37-32)24-15-6-3-7-16-24/h1-35H;1-29H;2-21H,1H3. The molecule has 0 spiro atoms. The smallest absolute Gasteiger partial charge is 0.164 e. The van der Waals surface area contributed by atoms with E-state index in [1.165, 1.54) is 21.5 Å². The summed E-state index contributed by atoms with van der Waals surface area (Å²) in [5, 5.41) is 13.7. The van der Waals surface area contributed by atoms with Gasteiger partial charge in [-0.15, -0.1) is 0 Å². The summed E-state index contributed by atoms with van der Waals surface area (Å²) < 4.78 is 2.15. The first kappa shape index (κ1) is 89.2. The summed E-state index contributed by atoms with van der Waals surface area (Å²) in [5.41, 5.74) is 22.7.